The van der Waals surface area contributed by atoms with Gasteiger partial charge >= 0.3 is 5.97 Å². The van der Waals surface area contributed by atoms with Crippen LogP contribution in [0.3, 0.4) is 0 Å². The maximum atomic E-state index is 12.6. The summed E-state index contributed by atoms with van der Waals surface area (Å²) in [6.45, 7) is 1.06. The molecule has 0 amide bonds. The zero-order chi connectivity index (χ0) is 10.8. The predicted octanol–water partition coefficient (Wildman–Crippen LogP) is 0.608. The minimum absolute atomic E-state index is 0.115. The smallest absolute Gasteiger partial charge is 0.308 e. The Labute approximate surface area is 86.1 Å². The van der Waals surface area contributed by atoms with Crippen LogP contribution in [-0.4, -0.2) is 29.1 Å². The number of hydrogen-bond acceptors (Lipinski definition) is 3. The van der Waals surface area contributed by atoms with E-state index in [1.54, 1.807) is 6.07 Å². The number of hydrogen-bond donors (Lipinski definition) is 2. The summed E-state index contributed by atoms with van der Waals surface area (Å²) in [6.07, 6.45) is 1.41. The fourth-order valence-corrected chi connectivity index (χ4v) is 1.90. The van der Waals surface area contributed by atoms with Crippen molar-refractivity contribution < 1.29 is 14.3 Å². The second kappa shape index (κ2) is 3.94. The summed E-state index contributed by atoms with van der Waals surface area (Å²) in [4.78, 5) is 14.4. The Kier molecular flexibility index (Phi) is 2.64. The van der Waals surface area contributed by atoms with Gasteiger partial charge in [0.25, 0.3) is 0 Å². The molecule has 1 aromatic heterocycles. The summed E-state index contributed by atoms with van der Waals surface area (Å²) in [6, 6.07) is 2.85. The molecule has 1 aliphatic heterocycles. The normalized spacial score (nSPS) is 25.4. The lowest BCUT2D eigenvalue weighted by atomic mass is 9.90. The van der Waals surface area contributed by atoms with Crippen molar-refractivity contribution in [2.75, 3.05) is 13.1 Å². The van der Waals surface area contributed by atoms with Gasteiger partial charge in [-0.1, -0.05) is 6.07 Å². The van der Waals surface area contributed by atoms with Crippen LogP contribution >= 0.6 is 0 Å². The molecule has 5 heteroatoms. The number of rotatable bonds is 2. The third-order valence-corrected chi connectivity index (χ3v) is 2.71. The van der Waals surface area contributed by atoms with Crippen LogP contribution in [0.5, 0.6) is 0 Å². The first-order valence-corrected chi connectivity index (χ1v) is 4.73. The first-order valence-electron chi connectivity index (χ1n) is 4.73. The van der Waals surface area contributed by atoms with Crippen LogP contribution in [0.4, 0.5) is 4.39 Å². The highest BCUT2D eigenvalue weighted by atomic mass is 19.1. The fraction of sp³-hybridized carbons (Fsp3) is 0.400. The number of carbonyl (C=O) groups is 1. The van der Waals surface area contributed by atoms with Crippen LogP contribution < -0.4 is 5.32 Å². The number of carboxylic acids is 1. The van der Waals surface area contributed by atoms with E-state index >= 15 is 0 Å². The van der Waals surface area contributed by atoms with Gasteiger partial charge in [-0.15, -0.1) is 0 Å². The van der Waals surface area contributed by atoms with Crippen molar-refractivity contribution in [3.8, 4) is 0 Å². The second-order valence-corrected chi connectivity index (χ2v) is 3.62. The van der Waals surface area contributed by atoms with Crippen molar-refractivity contribution >= 4 is 5.97 Å². The van der Waals surface area contributed by atoms with E-state index in [2.05, 4.69) is 10.3 Å². The fourth-order valence-electron chi connectivity index (χ4n) is 1.90. The molecule has 15 heavy (non-hydrogen) atoms. The standard InChI is InChI=1S/C10H11FN2O2/c11-9-2-1-6(3-13-9)7-4-12-5-8(7)10(14)15/h1-3,7-8,12H,4-5H2,(H,14,15). The lowest BCUT2D eigenvalue weighted by Crippen LogP contribution is -2.21. The summed E-state index contributed by atoms with van der Waals surface area (Å²) < 4.78 is 12.6. The molecule has 0 bridgehead atoms. The predicted molar refractivity (Wildman–Crippen MR) is 50.9 cm³/mol. The molecule has 0 radical (unpaired) electrons. The number of pyridine rings is 1. The average molecular weight is 210 g/mol. The molecule has 2 unspecified atom stereocenters. The van der Waals surface area contributed by atoms with E-state index in [0.29, 0.717) is 13.1 Å². The molecule has 0 aliphatic carbocycles. The topological polar surface area (TPSA) is 62.2 Å². The minimum atomic E-state index is -0.825. The molecular weight excluding hydrogens is 199 g/mol. The highest BCUT2D eigenvalue weighted by molar-refractivity contribution is 5.72. The van der Waals surface area contributed by atoms with Gasteiger partial charge < -0.3 is 10.4 Å². The Morgan fingerprint density at radius 2 is 2.33 bits per heavy atom. The monoisotopic (exact) mass is 210 g/mol. The van der Waals surface area contributed by atoms with Crippen LogP contribution in [-0.2, 0) is 4.79 Å². The van der Waals surface area contributed by atoms with Crippen molar-refractivity contribution in [3.63, 3.8) is 0 Å². The molecule has 0 spiro atoms. The minimum Gasteiger partial charge on any atom is -0.481 e. The van der Waals surface area contributed by atoms with Crippen LogP contribution in [0.25, 0.3) is 0 Å². The zero-order valence-corrected chi connectivity index (χ0v) is 7.98. The SMILES string of the molecule is O=C(O)C1CNCC1c1ccc(F)nc1. The number of aliphatic carboxylic acids is 1. The quantitative estimate of drug-likeness (QED) is 0.702. The van der Waals surface area contributed by atoms with E-state index in [1.807, 2.05) is 0 Å². The zero-order valence-electron chi connectivity index (χ0n) is 7.98. The largest absolute Gasteiger partial charge is 0.481 e. The number of halogens is 1. The van der Waals surface area contributed by atoms with E-state index in [4.69, 9.17) is 5.11 Å². The Balaban J connectivity index is 2.22. The second-order valence-electron chi connectivity index (χ2n) is 3.62. The Morgan fingerprint density at radius 3 is 2.93 bits per heavy atom. The number of aromatic nitrogens is 1. The van der Waals surface area contributed by atoms with Gasteiger partial charge in [0.2, 0.25) is 5.95 Å². The third kappa shape index (κ3) is 1.97. The molecule has 0 aromatic carbocycles. The lowest BCUT2D eigenvalue weighted by Gasteiger charge is -2.14. The number of carboxylic acid groups (broad SMARTS) is 1. The summed E-state index contributed by atoms with van der Waals surface area (Å²) in [7, 11) is 0. The third-order valence-electron chi connectivity index (χ3n) is 2.71. The summed E-state index contributed by atoms with van der Waals surface area (Å²) >= 11 is 0. The van der Waals surface area contributed by atoms with Crippen LogP contribution in [0.1, 0.15) is 11.5 Å². The molecule has 1 saturated heterocycles. The van der Waals surface area contributed by atoms with Gasteiger partial charge in [-0.3, -0.25) is 4.79 Å². The van der Waals surface area contributed by atoms with E-state index in [0.717, 1.165) is 5.56 Å². The van der Waals surface area contributed by atoms with Crippen LogP contribution in [0.15, 0.2) is 18.3 Å². The van der Waals surface area contributed by atoms with Gasteiger partial charge in [-0.25, -0.2) is 4.98 Å². The maximum Gasteiger partial charge on any atom is 0.308 e. The molecule has 2 atom stereocenters. The molecule has 2 heterocycles. The van der Waals surface area contributed by atoms with Gasteiger partial charge in [-0.05, 0) is 11.6 Å². The van der Waals surface area contributed by atoms with E-state index in [9.17, 15) is 9.18 Å². The van der Waals surface area contributed by atoms with Crippen LogP contribution in [0.2, 0.25) is 0 Å². The maximum absolute atomic E-state index is 12.6. The summed E-state index contributed by atoms with van der Waals surface area (Å²) in [5.41, 5.74) is 0.772. The molecule has 80 valence electrons. The Hall–Kier alpha value is -1.49. The first-order chi connectivity index (χ1) is 7.18. The highest BCUT2D eigenvalue weighted by Gasteiger charge is 2.33. The molecule has 1 aliphatic rings. The van der Waals surface area contributed by atoms with Gasteiger partial charge in [-0.2, -0.15) is 4.39 Å². The van der Waals surface area contributed by atoms with E-state index in [-0.39, 0.29) is 5.92 Å². The Morgan fingerprint density at radius 1 is 1.53 bits per heavy atom. The molecule has 1 aromatic rings. The van der Waals surface area contributed by atoms with E-state index < -0.39 is 17.8 Å². The van der Waals surface area contributed by atoms with Crippen molar-refractivity contribution in [1.82, 2.24) is 10.3 Å². The van der Waals surface area contributed by atoms with E-state index in [1.165, 1.54) is 12.3 Å². The first kappa shape index (κ1) is 10.0. The lowest BCUT2D eigenvalue weighted by molar-refractivity contribution is -0.141. The van der Waals surface area contributed by atoms with Crippen molar-refractivity contribution in [2.45, 2.75) is 5.92 Å². The van der Waals surface area contributed by atoms with Gasteiger partial charge in [0, 0.05) is 25.2 Å². The van der Waals surface area contributed by atoms with Crippen molar-refractivity contribution in [3.05, 3.63) is 29.8 Å². The molecule has 0 saturated carbocycles. The molecule has 2 rings (SSSR count). The molecule has 4 nitrogen and oxygen atoms in total. The average Bonchev–Trinajstić information content (AvgIpc) is 2.67. The number of nitrogens with one attached hydrogen (secondary N) is 1. The molecule has 1 fully saturated rings. The van der Waals surface area contributed by atoms with Gasteiger partial charge in [0.15, 0.2) is 0 Å². The summed E-state index contributed by atoms with van der Waals surface area (Å²) in [5.74, 6) is -1.93. The van der Waals surface area contributed by atoms with Gasteiger partial charge in [0.1, 0.15) is 0 Å². The van der Waals surface area contributed by atoms with Crippen molar-refractivity contribution in [1.29, 1.82) is 0 Å². The molecule has 2 N–H and O–H groups in total. The Bertz CT molecular complexity index is 366. The summed E-state index contributed by atoms with van der Waals surface area (Å²) in [5, 5.41) is 12.0. The van der Waals surface area contributed by atoms with Crippen molar-refractivity contribution in [2.24, 2.45) is 5.92 Å². The van der Waals surface area contributed by atoms with Crippen LogP contribution in [0, 0.1) is 11.9 Å². The highest BCUT2D eigenvalue weighted by Crippen LogP contribution is 2.27. The number of nitrogens with zero attached hydrogens (tertiary/aromatic N) is 1. The van der Waals surface area contributed by atoms with Gasteiger partial charge in [0.05, 0.1) is 5.92 Å². The molecular formula is C10H11FN2O2.